The molecular weight excluding hydrogens is 318 g/mol. The number of halogens is 1. The fraction of sp³-hybridized carbons (Fsp3) is 0.400. The van der Waals surface area contributed by atoms with E-state index in [-0.39, 0.29) is 0 Å². The minimum atomic E-state index is 0.763. The summed E-state index contributed by atoms with van der Waals surface area (Å²) < 4.78 is 8.24. The van der Waals surface area contributed by atoms with Gasteiger partial charge in [-0.1, -0.05) is 13.0 Å². The maximum Gasteiger partial charge on any atom is 0.133 e. The molecule has 108 valence electrons. The summed E-state index contributed by atoms with van der Waals surface area (Å²) in [7, 11) is 1.67. The van der Waals surface area contributed by atoms with Gasteiger partial charge in [-0.25, -0.2) is 0 Å². The van der Waals surface area contributed by atoms with Gasteiger partial charge in [0.15, 0.2) is 0 Å². The predicted octanol–water partition coefficient (Wildman–Crippen LogP) is 3.20. The van der Waals surface area contributed by atoms with E-state index in [4.69, 9.17) is 4.74 Å². The molecule has 5 heteroatoms. The molecule has 0 saturated carbocycles. The van der Waals surface area contributed by atoms with Crippen molar-refractivity contribution in [3.63, 3.8) is 0 Å². The Morgan fingerprint density at radius 1 is 1.35 bits per heavy atom. The quantitative estimate of drug-likeness (QED) is 0.788. The van der Waals surface area contributed by atoms with Crippen LogP contribution < -0.4 is 10.1 Å². The highest BCUT2D eigenvalue weighted by Crippen LogP contribution is 2.25. The lowest BCUT2D eigenvalue weighted by Gasteiger charge is -2.10. The van der Waals surface area contributed by atoms with Gasteiger partial charge in [-0.2, -0.15) is 5.10 Å². The summed E-state index contributed by atoms with van der Waals surface area (Å²) in [5.74, 6) is 0.846. The molecule has 0 spiro atoms. The average molecular weight is 338 g/mol. The van der Waals surface area contributed by atoms with Crippen molar-refractivity contribution in [1.82, 2.24) is 15.1 Å². The van der Waals surface area contributed by atoms with E-state index in [0.717, 1.165) is 36.3 Å². The van der Waals surface area contributed by atoms with Crippen LogP contribution in [0.5, 0.6) is 5.75 Å². The van der Waals surface area contributed by atoms with Gasteiger partial charge < -0.3 is 10.1 Å². The van der Waals surface area contributed by atoms with Crippen molar-refractivity contribution in [2.45, 2.75) is 26.4 Å². The van der Waals surface area contributed by atoms with Crippen LogP contribution in [-0.2, 0) is 13.1 Å². The highest BCUT2D eigenvalue weighted by atomic mass is 79.9. The molecule has 0 bridgehead atoms. The van der Waals surface area contributed by atoms with Crippen LogP contribution in [-0.4, -0.2) is 23.4 Å². The summed E-state index contributed by atoms with van der Waals surface area (Å²) in [6.45, 7) is 4.81. The maximum absolute atomic E-state index is 5.25. The molecule has 0 amide bonds. The Morgan fingerprint density at radius 3 is 2.90 bits per heavy atom. The monoisotopic (exact) mass is 337 g/mol. The largest absolute Gasteiger partial charge is 0.496 e. The Bertz CT molecular complexity index is 554. The SMILES string of the molecule is CCCNCc1ccnn1Cc1ccc(OC)c(Br)c1. The normalized spacial score (nSPS) is 10.8. The van der Waals surface area contributed by atoms with Crippen molar-refractivity contribution >= 4 is 15.9 Å². The van der Waals surface area contributed by atoms with Crippen molar-refractivity contribution in [3.05, 3.63) is 46.2 Å². The standard InChI is InChI=1S/C15H20BrN3O/c1-3-7-17-10-13-6-8-18-19(13)11-12-4-5-15(20-2)14(16)9-12/h4-6,8-9,17H,3,7,10-11H2,1-2H3. The van der Waals surface area contributed by atoms with Crippen molar-refractivity contribution in [1.29, 1.82) is 0 Å². The topological polar surface area (TPSA) is 39.1 Å². The molecule has 0 atom stereocenters. The molecule has 4 nitrogen and oxygen atoms in total. The van der Waals surface area contributed by atoms with Crippen LogP contribution in [0, 0.1) is 0 Å². The third kappa shape index (κ3) is 3.84. The number of hydrogen-bond acceptors (Lipinski definition) is 3. The van der Waals surface area contributed by atoms with Gasteiger partial charge in [-0.3, -0.25) is 4.68 Å². The first kappa shape index (κ1) is 15.1. The molecule has 2 rings (SSSR count). The van der Waals surface area contributed by atoms with Crippen LogP contribution in [0.25, 0.3) is 0 Å². The lowest BCUT2D eigenvalue weighted by molar-refractivity contribution is 0.412. The number of benzene rings is 1. The van der Waals surface area contributed by atoms with Gasteiger partial charge in [-0.15, -0.1) is 0 Å². The summed E-state index contributed by atoms with van der Waals surface area (Å²) in [6.07, 6.45) is 2.99. The average Bonchev–Trinajstić information content (AvgIpc) is 2.87. The van der Waals surface area contributed by atoms with Gasteiger partial charge >= 0.3 is 0 Å². The number of nitrogens with zero attached hydrogens (tertiary/aromatic N) is 2. The zero-order valence-corrected chi connectivity index (χ0v) is 13.5. The fourth-order valence-electron chi connectivity index (χ4n) is 2.03. The van der Waals surface area contributed by atoms with E-state index >= 15 is 0 Å². The first-order valence-corrected chi connectivity index (χ1v) is 7.57. The van der Waals surface area contributed by atoms with Crippen molar-refractivity contribution in [2.24, 2.45) is 0 Å². The Morgan fingerprint density at radius 2 is 2.20 bits per heavy atom. The number of aromatic nitrogens is 2. The lowest BCUT2D eigenvalue weighted by atomic mass is 10.2. The van der Waals surface area contributed by atoms with E-state index < -0.39 is 0 Å². The van der Waals surface area contributed by atoms with Gasteiger partial charge in [-0.05, 0) is 52.7 Å². The van der Waals surface area contributed by atoms with Crippen LogP contribution in [0.15, 0.2) is 34.9 Å². The number of ether oxygens (including phenoxy) is 1. The highest BCUT2D eigenvalue weighted by Gasteiger charge is 2.05. The number of methoxy groups -OCH3 is 1. The van der Waals surface area contributed by atoms with Gasteiger partial charge in [0, 0.05) is 12.7 Å². The first-order chi connectivity index (χ1) is 9.74. The molecule has 1 aromatic heterocycles. The van der Waals surface area contributed by atoms with E-state index in [1.807, 2.05) is 16.9 Å². The van der Waals surface area contributed by atoms with Gasteiger partial charge in [0.25, 0.3) is 0 Å². The molecule has 1 heterocycles. The van der Waals surface area contributed by atoms with E-state index in [1.165, 1.54) is 11.3 Å². The maximum atomic E-state index is 5.25. The third-order valence-corrected chi connectivity index (χ3v) is 3.71. The van der Waals surface area contributed by atoms with Gasteiger partial charge in [0.05, 0.1) is 23.8 Å². The van der Waals surface area contributed by atoms with Crippen LogP contribution >= 0.6 is 15.9 Å². The molecule has 0 aliphatic rings. The molecule has 0 saturated heterocycles. The number of rotatable bonds is 7. The Balaban J connectivity index is 2.06. The summed E-state index contributed by atoms with van der Waals surface area (Å²) in [5.41, 5.74) is 2.39. The van der Waals surface area contributed by atoms with Crippen LogP contribution in [0.3, 0.4) is 0 Å². The summed E-state index contributed by atoms with van der Waals surface area (Å²) in [4.78, 5) is 0. The molecule has 1 N–H and O–H groups in total. The van der Waals surface area contributed by atoms with E-state index in [0.29, 0.717) is 0 Å². The van der Waals surface area contributed by atoms with Crippen LogP contribution in [0.4, 0.5) is 0 Å². The summed E-state index contributed by atoms with van der Waals surface area (Å²) in [6, 6.07) is 8.16. The summed E-state index contributed by atoms with van der Waals surface area (Å²) >= 11 is 3.51. The first-order valence-electron chi connectivity index (χ1n) is 6.78. The molecule has 0 radical (unpaired) electrons. The Labute approximate surface area is 128 Å². The summed E-state index contributed by atoms with van der Waals surface area (Å²) in [5, 5.41) is 7.80. The van der Waals surface area contributed by atoms with Gasteiger partial charge in [0.2, 0.25) is 0 Å². The smallest absolute Gasteiger partial charge is 0.133 e. The van der Waals surface area contributed by atoms with Crippen molar-refractivity contribution < 1.29 is 4.74 Å². The minimum absolute atomic E-state index is 0.763. The molecule has 20 heavy (non-hydrogen) atoms. The zero-order chi connectivity index (χ0) is 14.4. The molecule has 2 aromatic rings. The second kappa shape index (κ2) is 7.45. The minimum Gasteiger partial charge on any atom is -0.496 e. The Kier molecular flexibility index (Phi) is 5.61. The van der Waals surface area contributed by atoms with Crippen molar-refractivity contribution in [2.75, 3.05) is 13.7 Å². The van der Waals surface area contributed by atoms with Gasteiger partial charge in [0.1, 0.15) is 5.75 Å². The third-order valence-electron chi connectivity index (χ3n) is 3.09. The lowest BCUT2D eigenvalue weighted by Crippen LogP contribution is -2.17. The molecule has 0 aliphatic heterocycles. The van der Waals surface area contributed by atoms with Crippen molar-refractivity contribution in [3.8, 4) is 5.75 Å². The van der Waals surface area contributed by atoms with E-state index in [9.17, 15) is 0 Å². The number of nitrogens with one attached hydrogen (secondary N) is 1. The highest BCUT2D eigenvalue weighted by molar-refractivity contribution is 9.10. The number of hydrogen-bond donors (Lipinski definition) is 1. The molecule has 0 fully saturated rings. The molecule has 0 unspecified atom stereocenters. The predicted molar refractivity (Wildman–Crippen MR) is 84.0 cm³/mol. The van der Waals surface area contributed by atoms with E-state index in [1.54, 1.807) is 7.11 Å². The fourth-order valence-corrected chi connectivity index (χ4v) is 2.62. The van der Waals surface area contributed by atoms with Crippen LogP contribution in [0.1, 0.15) is 24.6 Å². The second-order valence-electron chi connectivity index (χ2n) is 4.63. The Hall–Kier alpha value is -1.33. The van der Waals surface area contributed by atoms with Crippen LogP contribution in [0.2, 0.25) is 0 Å². The van der Waals surface area contributed by atoms with E-state index in [2.05, 4.69) is 51.5 Å². The zero-order valence-electron chi connectivity index (χ0n) is 11.9. The molecule has 1 aromatic carbocycles. The molecule has 0 aliphatic carbocycles. The molecular formula is C15H20BrN3O. The second-order valence-corrected chi connectivity index (χ2v) is 5.48.